The number of ether oxygens (including phenoxy) is 10. The van der Waals surface area contributed by atoms with Gasteiger partial charge in [0.15, 0.2) is 0 Å². The molecule has 0 aromatic rings. The highest BCUT2D eigenvalue weighted by atomic mass is 16.6. The zero-order valence-corrected chi connectivity index (χ0v) is 56.2. The minimum absolute atomic E-state index is 0.131. The van der Waals surface area contributed by atoms with Crippen LogP contribution in [0.1, 0.15) is 297 Å². The molecule has 0 radical (unpaired) electrons. The fourth-order valence-corrected chi connectivity index (χ4v) is 9.27. The maximum absolute atomic E-state index is 12.1. The summed E-state index contributed by atoms with van der Waals surface area (Å²) in [6.07, 6.45) is 25.8. The molecule has 0 aromatic carbocycles. The van der Waals surface area contributed by atoms with Crippen molar-refractivity contribution < 1.29 is 100 Å². The van der Waals surface area contributed by atoms with Crippen molar-refractivity contribution in [2.24, 2.45) is 11.3 Å². The smallest absolute Gasteiger partial charge is 0.305 e. The van der Waals surface area contributed by atoms with Crippen LogP contribution in [0.25, 0.3) is 0 Å². The van der Waals surface area contributed by atoms with Crippen LogP contribution in [-0.4, -0.2) is 137 Å². The summed E-state index contributed by atoms with van der Waals surface area (Å²) in [5.41, 5.74) is 0.245. The number of hydrogen-bond donors (Lipinski definition) is 1. The van der Waals surface area contributed by atoms with Crippen LogP contribution in [-0.2, 0) is 95.3 Å². The van der Waals surface area contributed by atoms with E-state index >= 15 is 0 Å². The van der Waals surface area contributed by atoms with E-state index in [1.165, 1.54) is 0 Å². The molecule has 0 saturated heterocycles. The molecule has 1 N–H and O–H groups in total. The standard InChI is InChI=1S/C69H120O21/c1-5-69(3,4)56-58(2)57-90-68(80)45-25-15-35-55-89-67(79)44-24-14-34-54-88-66(78)43-23-13-33-53-87-65(77)42-22-12-32-52-86-64(76)41-21-11-31-51-85-63(75)40-20-10-30-50-84-62(74)39-19-9-29-49-83-61(73)38-18-8-28-48-82-60(72)37-17-7-27-47-81-59(71)36-16-6-26-46-70/h58,70H,5-57H2,1-4H3. The quantitative estimate of drug-likeness (QED) is 0.0336. The molecular formula is C69H120O21. The average Bonchev–Trinajstić information content (AvgIpc) is 3.72. The highest BCUT2D eigenvalue weighted by molar-refractivity contribution is 5.72. The molecule has 0 aliphatic carbocycles. The summed E-state index contributed by atoms with van der Waals surface area (Å²) >= 11 is 0. The molecule has 0 fully saturated rings. The number of unbranched alkanes of at least 4 members (excludes halogenated alkanes) is 20. The molecule has 0 aromatic heterocycles. The van der Waals surface area contributed by atoms with E-state index < -0.39 is 0 Å². The van der Waals surface area contributed by atoms with Gasteiger partial charge in [0.25, 0.3) is 0 Å². The van der Waals surface area contributed by atoms with Crippen molar-refractivity contribution in [2.75, 3.05) is 72.7 Å². The van der Waals surface area contributed by atoms with Crippen molar-refractivity contribution in [2.45, 2.75) is 297 Å². The van der Waals surface area contributed by atoms with Gasteiger partial charge in [0.1, 0.15) is 0 Å². The Morgan fingerprint density at radius 3 is 0.600 bits per heavy atom. The van der Waals surface area contributed by atoms with Crippen molar-refractivity contribution in [3.05, 3.63) is 0 Å². The Morgan fingerprint density at radius 1 is 0.267 bits per heavy atom. The summed E-state index contributed by atoms with van der Waals surface area (Å²) in [7, 11) is 0. The van der Waals surface area contributed by atoms with Crippen LogP contribution >= 0.6 is 0 Å². The normalized spacial score (nSPS) is 11.5. The van der Waals surface area contributed by atoms with Crippen LogP contribution in [0.5, 0.6) is 0 Å². The molecule has 21 heteroatoms. The highest BCUT2D eigenvalue weighted by Gasteiger charge is 2.20. The summed E-state index contributed by atoms with van der Waals surface area (Å²) in [6.45, 7) is 12.1. The Kier molecular flexibility index (Phi) is 57.6. The number of carbonyl (C=O) groups is 10. The van der Waals surface area contributed by atoms with E-state index in [2.05, 4.69) is 27.7 Å². The van der Waals surface area contributed by atoms with E-state index in [-0.39, 0.29) is 117 Å². The zero-order chi connectivity index (χ0) is 66.4. The maximum atomic E-state index is 12.1. The van der Waals surface area contributed by atoms with E-state index in [0.717, 1.165) is 77.0 Å². The Labute approximate surface area is 539 Å². The number of carbonyl (C=O) groups excluding carboxylic acids is 10. The number of rotatable bonds is 64. The second-order valence-electron chi connectivity index (χ2n) is 24.3. The number of aliphatic hydroxyl groups is 1. The predicted molar refractivity (Wildman–Crippen MR) is 339 cm³/mol. The first-order valence-electron chi connectivity index (χ1n) is 34.6. The van der Waals surface area contributed by atoms with Crippen LogP contribution in [0.2, 0.25) is 0 Å². The van der Waals surface area contributed by atoms with Crippen molar-refractivity contribution in [3.8, 4) is 0 Å². The first-order chi connectivity index (χ1) is 43.5. The molecule has 0 heterocycles. The number of esters is 10. The third-order valence-corrected chi connectivity index (χ3v) is 15.0. The lowest BCUT2D eigenvalue weighted by atomic mass is 9.81. The number of aliphatic hydroxyl groups excluding tert-OH is 1. The van der Waals surface area contributed by atoms with E-state index in [1.54, 1.807) is 0 Å². The van der Waals surface area contributed by atoms with E-state index in [4.69, 9.17) is 52.5 Å². The molecule has 90 heavy (non-hydrogen) atoms. The van der Waals surface area contributed by atoms with Gasteiger partial charge >= 0.3 is 59.7 Å². The maximum Gasteiger partial charge on any atom is 0.305 e. The topological polar surface area (TPSA) is 283 Å². The monoisotopic (exact) mass is 1280 g/mol. The van der Waals surface area contributed by atoms with Crippen LogP contribution < -0.4 is 0 Å². The average molecular weight is 1290 g/mol. The van der Waals surface area contributed by atoms with Gasteiger partial charge in [-0.25, -0.2) is 0 Å². The van der Waals surface area contributed by atoms with E-state index in [1.807, 2.05) is 0 Å². The number of hydrogen-bond acceptors (Lipinski definition) is 21. The highest BCUT2D eigenvalue weighted by Crippen LogP contribution is 2.29. The molecule has 21 nitrogen and oxygen atoms in total. The van der Waals surface area contributed by atoms with E-state index in [9.17, 15) is 47.9 Å². The van der Waals surface area contributed by atoms with Crippen molar-refractivity contribution in [1.29, 1.82) is 0 Å². The van der Waals surface area contributed by atoms with Crippen molar-refractivity contribution in [3.63, 3.8) is 0 Å². The second-order valence-corrected chi connectivity index (χ2v) is 24.3. The first kappa shape index (κ1) is 84.7. The second kappa shape index (κ2) is 61.2. The van der Waals surface area contributed by atoms with E-state index in [0.29, 0.717) is 219 Å². The van der Waals surface area contributed by atoms with Gasteiger partial charge in [-0.05, 0) is 204 Å². The fourth-order valence-electron chi connectivity index (χ4n) is 9.27. The largest absolute Gasteiger partial charge is 0.466 e. The SMILES string of the molecule is CCC(C)(C)CC(C)COC(=O)CCCCCOC(=O)CCCCCOC(=O)CCCCCOC(=O)CCCCCOC(=O)CCCCCOC(=O)CCCCCOC(=O)CCCCCOC(=O)CCCCCOC(=O)CCCCCOC(=O)CCCCCO. The predicted octanol–water partition coefficient (Wildman–Crippen LogP) is 13.5. The summed E-state index contributed by atoms with van der Waals surface area (Å²) in [6, 6.07) is 0. The molecule has 522 valence electrons. The summed E-state index contributed by atoms with van der Waals surface area (Å²) < 4.78 is 53.0. The van der Waals surface area contributed by atoms with Gasteiger partial charge in [-0.1, -0.05) is 40.5 Å². The molecule has 0 rings (SSSR count). The van der Waals surface area contributed by atoms with Gasteiger partial charge in [-0.2, -0.15) is 0 Å². The van der Waals surface area contributed by atoms with Crippen LogP contribution in [0.3, 0.4) is 0 Å². The lowest BCUT2D eigenvalue weighted by Crippen LogP contribution is -2.19. The van der Waals surface area contributed by atoms with Crippen LogP contribution in [0.4, 0.5) is 0 Å². The van der Waals surface area contributed by atoms with Gasteiger partial charge in [0.05, 0.1) is 66.1 Å². The van der Waals surface area contributed by atoms with Gasteiger partial charge in [-0.15, -0.1) is 0 Å². The zero-order valence-electron chi connectivity index (χ0n) is 56.2. The molecule has 1 atom stereocenters. The molecule has 0 spiro atoms. The summed E-state index contributed by atoms with van der Waals surface area (Å²) in [4.78, 5) is 120. The first-order valence-corrected chi connectivity index (χ1v) is 34.6. The summed E-state index contributed by atoms with van der Waals surface area (Å²) in [5, 5.41) is 8.76. The molecule has 0 bridgehead atoms. The van der Waals surface area contributed by atoms with Gasteiger partial charge in [0.2, 0.25) is 0 Å². The third kappa shape index (κ3) is 61.5. The lowest BCUT2D eigenvalue weighted by Gasteiger charge is -2.26. The molecule has 0 amide bonds. The summed E-state index contributed by atoms with van der Waals surface area (Å²) in [5.74, 6) is -2.22. The minimum atomic E-state index is -0.280. The lowest BCUT2D eigenvalue weighted by molar-refractivity contribution is -0.146. The van der Waals surface area contributed by atoms with Crippen molar-refractivity contribution in [1.82, 2.24) is 0 Å². The third-order valence-electron chi connectivity index (χ3n) is 15.0. The molecular weight excluding hydrogens is 1160 g/mol. The van der Waals surface area contributed by atoms with Crippen LogP contribution in [0.15, 0.2) is 0 Å². The van der Waals surface area contributed by atoms with Gasteiger partial charge < -0.3 is 52.5 Å². The Hall–Kier alpha value is -5.34. The Bertz CT molecular complexity index is 1890. The Balaban J connectivity index is 3.53. The van der Waals surface area contributed by atoms with Crippen molar-refractivity contribution >= 4 is 59.7 Å². The molecule has 0 aliphatic heterocycles. The molecule has 1 unspecified atom stereocenters. The fraction of sp³-hybridized carbons (Fsp3) is 0.855. The Morgan fingerprint density at radius 2 is 0.433 bits per heavy atom. The minimum Gasteiger partial charge on any atom is -0.466 e. The van der Waals surface area contributed by atoms with Gasteiger partial charge in [-0.3, -0.25) is 47.9 Å². The van der Waals surface area contributed by atoms with Crippen LogP contribution in [0, 0.1) is 11.3 Å². The molecule has 0 saturated carbocycles. The van der Waals surface area contributed by atoms with Gasteiger partial charge in [0, 0.05) is 70.8 Å². The molecule has 0 aliphatic rings.